The number of aromatic nitrogens is 1. The quantitative estimate of drug-likeness (QED) is 0.204. The number of hydrogen-bond donors (Lipinski definition) is 0. The van der Waals surface area contributed by atoms with Crippen molar-refractivity contribution in [3.05, 3.63) is 140 Å². The van der Waals surface area contributed by atoms with E-state index >= 15 is 0 Å². The molecule has 0 aliphatic heterocycles. The van der Waals surface area contributed by atoms with E-state index in [2.05, 4.69) is 144 Å². The minimum atomic E-state index is 1.23. The van der Waals surface area contributed by atoms with E-state index in [-0.39, 0.29) is 0 Å². The zero-order valence-corrected chi connectivity index (χ0v) is 23.7. The molecule has 0 saturated carbocycles. The van der Waals surface area contributed by atoms with Crippen LogP contribution in [0.1, 0.15) is 0 Å². The smallest absolute Gasteiger partial charge is 0.0829 e. The maximum absolute atomic E-state index is 2.52. The molecule has 0 unspecified atom stereocenters. The van der Waals surface area contributed by atoms with Crippen molar-refractivity contribution in [2.45, 2.75) is 0 Å². The zero-order chi connectivity index (χ0) is 26.9. The van der Waals surface area contributed by atoms with Gasteiger partial charge >= 0.3 is 0 Å². The largest absolute Gasteiger partial charge is 0.306 e. The van der Waals surface area contributed by atoms with Crippen LogP contribution >= 0.6 is 22.7 Å². The lowest BCUT2D eigenvalue weighted by atomic mass is 9.94. The molecule has 0 radical (unpaired) electrons. The molecular formula is C38H23NS2. The molecule has 0 atom stereocenters. The van der Waals surface area contributed by atoms with Gasteiger partial charge in [0.05, 0.1) is 30.8 Å². The fraction of sp³-hybridized carbons (Fsp3) is 0. The molecule has 41 heavy (non-hydrogen) atoms. The molecule has 0 aliphatic carbocycles. The highest BCUT2D eigenvalue weighted by Gasteiger charge is 2.22. The molecule has 3 heterocycles. The Labute approximate surface area is 245 Å². The maximum atomic E-state index is 2.52. The molecule has 0 fully saturated rings. The fourth-order valence-corrected chi connectivity index (χ4v) is 9.15. The van der Waals surface area contributed by atoms with E-state index in [4.69, 9.17) is 0 Å². The van der Waals surface area contributed by atoms with E-state index in [1.807, 2.05) is 22.7 Å². The summed E-state index contributed by atoms with van der Waals surface area (Å²) in [6.45, 7) is 0. The van der Waals surface area contributed by atoms with Crippen LogP contribution in [0.3, 0.4) is 0 Å². The van der Waals surface area contributed by atoms with Crippen LogP contribution in [-0.2, 0) is 0 Å². The van der Waals surface area contributed by atoms with Crippen LogP contribution in [0.4, 0.5) is 0 Å². The highest BCUT2D eigenvalue weighted by molar-refractivity contribution is 7.37. The first kappa shape index (κ1) is 23.0. The average molecular weight is 558 g/mol. The third kappa shape index (κ3) is 3.40. The van der Waals surface area contributed by atoms with Crippen molar-refractivity contribution in [1.29, 1.82) is 0 Å². The van der Waals surface area contributed by atoms with Gasteiger partial charge in [0, 0.05) is 20.9 Å². The summed E-state index contributed by atoms with van der Waals surface area (Å²) in [4.78, 5) is 0. The minimum absolute atomic E-state index is 1.23. The third-order valence-corrected chi connectivity index (χ3v) is 10.8. The SMILES string of the molecule is c1ccc(-c2cccc(-c3ccc(-n4c5ccccc5c5sc6c7ccccc7sc6c54)c4ccccc34)c2)cc1. The Kier molecular flexibility index (Phi) is 5.00. The maximum Gasteiger partial charge on any atom is 0.0829 e. The van der Waals surface area contributed by atoms with Gasteiger partial charge in [-0.05, 0) is 51.9 Å². The van der Waals surface area contributed by atoms with E-state index in [1.165, 1.54) is 79.3 Å². The van der Waals surface area contributed by atoms with Gasteiger partial charge in [0.25, 0.3) is 0 Å². The first-order valence-electron chi connectivity index (χ1n) is 13.9. The molecule has 0 spiro atoms. The molecule has 0 aliphatic rings. The Morgan fingerprint density at radius 1 is 0.415 bits per heavy atom. The summed E-state index contributed by atoms with van der Waals surface area (Å²) in [6.07, 6.45) is 0. The average Bonchev–Trinajstić information content (AvgIpc) is 3.69. The van der Waals surface area contributed by atoms with E-state index in [9.17, 15) is 0 Å². The molecule has 3 heteroatoms. The standard InChI is InChI=1S/C38H23NS2/c1-2-11-24(12-3-1)25-13-10-14-26(23-25)27-21-22-33(29-16-5-4-15-28(27)29)39-32-19-8-6-17-30(32)36-35(39)38-37(41-36)31-18-7-9-20-34(31)40-38/h1-23H. The summed E-state index contributed by atoms with van der Waals surface area (Å²) in [6, 6.07) is 50.8. The van der Waals surface area contributed by atoms with Crippen molar-refractivity contribution in [3.8, 4) is 27.9 Å². The molecule has 9 aromatic rings. The van der Waals surface area contributed by atoms with Crippen molar-refractivity contribution >= 4 is 74.1 Å². The van der Waals surface area contributed by atoms with Gasteiger partial charge in [-0.25, -0.2) is 0 Å². The zero-order valence-electron chi connectivity index (χ0n) is 22.0. The molecule has 1 nitrogen and oxygen atoms in total. The Morgan fingerprint density at radius 3 is 1.98 bits per heavy atom. The van der Waals surface area contributed by atoms with Gasteiger partial charge in [-0.3, -0.25) is 0 Å². The van der Waals surface area contributed by atoms with Crippen molar-refractivity contribution < 1.29 is 0 Å². The van der Waals surface area contributed by atoms with Gasteiger partial charge in [0.2, 0.25) is 0 Å². The van der Waals surface area contributed by atoms with Crippen LogP contribution in [0.25, 0.3) is 79.3 Å². The second kappa shape index (κ2) is 8.90. The third-order valence-electron chi connectivity index (χ3n) is 8.22. The van der Waals surface area contributed by atoms with E-state index < -0.39 is 0 Å². The van der Waals surface area contributed by atoms with Crippen LogP contribution in [-0.4, -0.2) is 4.57 Å². The van der Waals surface area contributed by atoms with Gasteiger partial charge in [0.1, 0.15) is 0 Å². The Morgan fingerprint density at radius 2 is 1.10 bits per heavy atom. The van der Waals surface area contributed by atoms with Crippen molar-refractivity contribution in [2.75, 3.05) is 0 Å². The van der Waals surface area contributed by atoms with Crippen LogP contribution in [0, 0.1) is 0 Å². The number of fused-ring (bicyclic) bond motifs is 8. The second-order valence-electron chi connectivity index (χ2n) is 10.5. The number of nitrogens with zero attached hydrogens (tertiary/aromatic N) is 1. The van der Waals surface area contributed by atoms with Gasteiger partial charge in [0.15, 0.2) is 0 Å². The van der Waals surface area contributed by atoms with Crippen molar-refractivity contribution in [3.63, 3.8) is 0 Å². The molecule has 9 rings (SSSR count). The molecule has 192 valence electrons. The second-order valence-corrected chi connectivity index (χ2v) is 12.6. The molecule has 0 amide bonds. The predicted molar refractivity (Wildman–Crippen MR) is 180 cm³/mol. The Hall–Kier alpha value is -4.70. The van der Waals surface area contributed by atoms with Crippen LogP contribution in [0.2, 0.25) is 0 Å². The number of rotatable bonds is 3. The lowest BCUT2D eigenvalue weighted by Gasteiger charge is -2.15. The van der Waals surface area contributed by atoms with Gasteiger partial charge < -0.3 is 4.57 Å². The number of thiophene rings is 2. The summed E-state index contributed by atoms with van der Waals surface area (Å²) in [5.74, 6) is 0. The lowest BCUT2D eigenvalue weighted by molar-refractivity contribution is 1.21. The topological polar surface area (TPSA) is 4.93 Å². The predicted octanol–water partition coefficient (Wildman–Crippen LogP) is 11.7. The Bertz CT molecular complexity index is 2420. The van der Waals surface area contributed by atoms with Gasteiger partial charge in [-0.2, -0.15) is 0 Å². The Balaban J connectivity index is 1.34. The van der Waals surface area contributed by atoms with Crippen molar-refractivity contribution in [2.24, 2.45) is 0 Å². The molecule has 0 bridgehead atoms. The minimum Gasteiger partial charge on any atom is -0.306 e. The number of benzene rings is 6. The fourth-order valence-electron chi connectivity index (χ4n) is 6.38. The van der Waals surface area contributed by atoms with E-state index in [1.54, 1.807) is 0 Å². The first-order chi connectivity index (χ1) is 20.3. The first-order valence-corrected chi connectivity index (χ1v) is 15.5. The van der Waals surface area contributed by atoms with Crippen LogP contribution < -0.4 is 0 Å². The molecule has 0 N–H and O–H groups in total. The van der Waals surface area contributed by atoms with Crippen molar-refractivity contribution in [1.82, 2.24) is 4.57 Å². The normalized spacial score (nSPS) is 11.9. The van der Waals surface area contributed by atoms with Gasteiger partial charge in [-0.1, -0.05) is 115 Å². The summed E-state index contributed by atoms with van der Waals surface area (Å²) >= 11 is 3.85. The monoisotopic (exact) mass is 557 g/mol. The highest BCUT2D eigenvalue weighted by atomic mass is 32.1. The van der Waals surface area contributed by atoms with Crippen LogP contribution in [0.15, 0.2) is 140 Å². The summed E-state index contributed by atoms with van der Waals surface area (Å²) in [7, 11) is 0. The van der Waals surface area contributed by atoms with Crippen LogP contribution in [0.5, 0.6) is 0 Å². The summed E-state index contributed by atoms with van der Waals surface area (Å²) < 4.78 is 8.02. The molecule has 0 saturated heterocycles. The summed E-state index contributed by atoms with van der Waals surface area (Å²) in [5.41, 5.74) is 8.78. The highest BCUT2D eigenvalue weighted by Crippen LogP contribution is 2.49. The van der Waals surface area contributed by atoms with E-state index in [0.29, 0.717) is 0 Å². The molecule has 6 aromatic carbocycles. The van der Waals surface area contributed by atoms with Gasteiger partial charge in [-0.15, -0.1) is 22.7 Å². The van der Waals surface area contributed by atoms with E-state index in [0.717, 1.165) is 0 Å². The molecule has 3 aromatic heterocycles. The number of para-hydroxylation sites is 1. The lowest BCUT2D eigenvalue weighted by Crippen LogP contribution is -1.96. The number of hydrogen-bond acceptors (Lipinski definition) is 2. The molecular weight excluding hydrogens is 535 g/mol. The summed E-state index contributed by atoms with van der Waals surface area (Å²) in [5, 5.41) is 5.22.